The van der Waals surface area contributed by atoms with Gasteiger partial charge in [0, 0.05) is 11.6 Å². The van der Waals surface area contributed by atoms with E-state index in [1.807, 2.05) is 20.8 Å². The second-order valence-electron chi connectivity index (χ2n) is 9.39. The van der Waals surface area contributed by atoms with Gasteiger partial charge in [-0.15, -0.1) is 0 Å². The van der Waals surface area contributed by atoms with Crippen LogP contribution in [0.2, 0.25) is 0 Å². The Hall–Kier alpha value is -2.74. The molecule has 1 heterocycles. The lowest BCUT2D eigenvalue weighted by Crippen LogP contribution is -2.32. The Kier molecular flexibility index (Phi) is 5.16. The van der Waals surface area contributed by atoms with Gasteiger partial charge in [0.2, 0.25) is 0 Å². The van der Waals surface area contributed by atoms with Gasteiger partial charge >= 0.3 is 0 Å². The highest BCUT2D eigenvalue weighted by atomic mass is 32.2. The molecule has 1 atom stereocenters. The second-order valence-corrected chi connectivity index (χ2v) is 11.2. The number of amides is 2. The van der Waals surface area contributed by atoms with E-state index in [4.69, 9.17) is 0 Å². The van der Waals surface area contributed by atoms with Crippen LogP contribution in [-0.2, 0) is 10.0 Å². The zero-order chi connectivity index (χ0) is 22.6. The minimum absolute atomic E-state index is 0.105. The zero-order valence-electron chi connectivity index (χ0n) is 17.7. The van der Waals surface area contributed by atoms with E-state index in [2.05, 4.69) is 5.32 Å². The Bertz CT molecular complexity index is 1150. The van der Waals surface area contributed by atoms with Gasteiger partial charge in [-0.3, -0.25) is 9.59 Å². The van der Waals surface area contributed by atoms with Crippen LogP contribution < -0.4 is 5.32 Å². The van der Waals surface area contributed by atoms with Crippen LogP contribution in [-0.4, -0.2) is 30.6 Å². The first-order valence-corrected chi connectivity index (χ1v) is 11.7. The summed E-state index contributed by atoms with van der Waals surface area (Å²) in [5.41, 5.74) is 0.903. The van der Waals surface area contributed by atoms with Crippen LogP contribution in [0.5, 0.6) is 0 Å². The maximum Gasteiger partial charge on any atom is 0.269 e. The molecule has 0 saturated heterocycles. The lowest BCUT2D eigenvalue weighted by atomic mass is 9.85. The van der Waals surface area contributed by atoms with Gasteiger partial charge in [0.25, 0.3) is 21.8 Å². The molecule has 1 aliphatic heterocycles. The van der Waals surface area contributed by atoms with Gasteiger partial charge in [0.15, 0.2) is 0 Å². The van der Waals surface area contributed by atoms with E-state index in [1.165, 1.54) is 30.3 Å². The SMILES string of the molecule is CC(C)(C)CC(NC(=O)c1ccc2c(c1)S(=O)(=O)N(C1CC1)C2=O)c1ccc(F)cc1. The molecular formula is C23H25FN2O4S. The van der Waals surface area contributed by atoms with E-state index in [0.717, 1.165) is 9.87 Å². The number of nitrogens with zero attached hydrogens (tertiary/aromatic N) is 1. The molecule has 0 radical (unpaired) electrons. The predicted octanol–water partition coefficient (Wildman–Crippen LogP) is 4.04. The average Bonchev–Trinajstić information content (AvgIpc) is 3.48. The van der Waals surface area contributed by atoms with Crippen LogP contribution in [0.1, 0.15) is 72.4 Å². The Morgan fingerprint density at radius 3 is 2.39 bits per heavy atom. The van der Waals surface area contributed by atoms with Gasteiger partial charge in [-0.2, -0.15) is 0 Å². The van der Waals surface area contributed by atoms with Crippen LogP contribution in [0.15, 0.2) is 47.4 Å². The molecule has 2 aromatic rings. The van der Waals surface area contributed by atoms with Crippen molar-refractivity contribution in [2.45, 2.75) is 57.0 Å². The number of fused-ring (bicyclic) bond motifs is 1. The topological polar surface area (TPSA) is 83.6 Å². The average molecular weight is 445 g/mol. The summed E-state index contributed by atoms with van der Waals surface area (Å²) in [6.07, 6.45) is 1.93. The summed E-state index contributed by atoms with van der Waals surface area (Å²) < 4.78 is 40.0. The lowest BCUT2D eigenvalue weighted by molar-refractivity contribution is 0.0862. The van der Waals surface area contributed by atoms with E-state index in [0.29, 0.717) is 19.3 Å². The molecule has 1 unspecified atom stereocenters. The molecule has 31 heavy (non-hydrogen) atoms. The highest BCUT2D eigenvalue weighted by Gasteiger charge is 2.48. The molecule has 2 aliphatic rings. The van der Waals surface area contributed by atoms with E-state index < -0.39 is 21.8 Å². The fourth-order valence-corrected chi connectivity index (χ4v) is 5.70. The Labute approximate surface area is 181 Å². The predicted molar refractivity (Wildman–Crippen MR) is 113 cm³/mol. The van der Waals surface area contributed by atoms with Crippen LogP contribution in [0, 0.1) is 11.2 Å². The van der Waals surface area contributed by atoms with Gasteiger partial charge in [-0.05, 0) is 60.6 Å². The fraction of sp³-hybridized carbons (Fsp3) is 0.391. The Morgan fingerprint density at radius 2 is 1.81 bits per heavy atom. The summed E-state index contributed by atoms with van der Waals surface area (Å²) in [6, 6.07) is 9.43. The van der Waals surface area contributed by atoms with Crippen molar-refractivity contribution in [1.82, 2.24) is 9.62 Å². The Balaban J connectivity index is 1.63. The quantitative estimate of drug-likeness (QED) is 0.754. The van der Waals surface area contributed by atoms with Gasteiger partial charge in [-0.25, -0.2) is 17.1 Å². The molecule has 1 fully saturated rings. The number of rotatable bonds is 5. The van der Waals surface area contributed by atoms with E-state index in [1.54, 1.807) is 12.1 Å². The molecule has 0 aromatic heterocycles. The molecule has 1 saturated carbocycles. The second kappa shape index (κ2) is 7.44. The minimum atomic E-state index is -3.94. The summed E-state index contributed by atoms with van der Waals surface area (Å²) in [5.74, 6) is -1.34. The molecule has 4 rings (SSSR count). The minimum Gasteiger partial charge on any atom is -0.345 e. The van der Waals surface area contributed by atoms with Crippen molar-refractivity contribution < 1.29 is 22.4 Å². The van der Waals surface area contributed by atoms with E-state index in [-0.39, 0.29) is 39.3 Å². The molecule has 2 amide bonds. The van der Waals surface area contributed by atoms with Crippen molar-refractivity contribution in [2.24, 2.45) is 5.41 Å². The number of hydrogen-bond acceptors (Lipinski definition) is 4. The van der Waals surface area contributed by atoms with Crippen LogP contribution in [0.4, 0.5) is 4.39 Å². The molecule has 8 heteroatoms. The molecule has 0 bridgehead atoms. The van der Waals surface area contributed by atoms with Crippen molar-refractivity contribution in [1.29, 1.82) is 0 Å². The third-order valence-corrected chi connectivity index (χ3v) is 7.36. The summed E-state index contributed by atoms with van der Waals surface area (Å²) in [6.45, 7) is 6.11. The van der Waals surface area contributed by atoms with Crippen molar-refractivity contribution in [3.63, 3.8) is 0 Å². The van der Waals surface area contributed by atoms with Crippen LogP contribution >= 0.6 is 0 Å². The number of carbonyl (C=O) groups excluding carboxylic acids is 2. The fourth-order valence-electron chi connectivity index (χ4n) is 3.86. The highest BCUT2D eigenvalue weighted by molar-refractivity contribution is 7.90. The number of halogens is 1. The van der Waals surface area contributed by atoms with E-state index >= 15 is 0 Å². The molecule has 6 nitrogen and oxygen atoms in total. The smallest absolute Gasteiger partial charge is 0.269 e. The van der Waals surface area contributed by atoms with Gasteiger partial charge in [0.05, 0.1) is 11.6 Å². The summed E-state index contributed by atoms with van der Waals surface area (Å²) >= 11 is 0. The molecule has 164 valence electrons. The van der Waals surface area contributed by atoms with Gasteiger partial charge < -0.3 is 5.32 Å². The molecule has 1 aliphatic carbocycles. The summed E-state index contributed by atoms with van der Waals surface area (Å²) in [7, 11) is -3.94. The first-order chi connectivity index (χ1) is 14.5. The first kappa shape index (κ1) is 21.5. The number of sulfonamides is 1. The first-order valence-electron chi connectivity index (χ1n) is 10.3. The van der Waals surface area contributed by atoms with E-state index in [9.17, 15) is 22.4 Å². The number of nitrogens with one attached hydrogen (secondary N) is 1. The zero-order valence-corrected chi connectivity index (χ0v) is 18.5. The third kappa shape index (κ3) is 4.21. The molecule has 2 aromatic carbocycles. The lowest BCUT2D eigenvalue weighted by Gasteiger charge is -2.27. The van der Waals surface area contributed by atoms with Gasteiger partial charge in [-0.1, -0.05) is 32.9 Å². The number of carbonyl (C=O) groups is 2. The summed E-state index contributed by atoms with van der Waals surface area (Å²) in [5, 5.41) is 2.95. The number of hydrogen-bond donors (Lipinski definition) is 1. The normalized spacial score (nSPS) is 18.6. The largest absolute Gasteiger partial charge is 0.345 e. The van der Waals surface area contributed by atoms with Crippen molar-refractivity contribution in [3.8, 4) is 0 Å². The molecule has 1 N–H and O–H groups in total. The van der Waals surface area contributed by atoms with Crippen molar-refractivity contribution in [3.05, 3.63) is 65.0 Å². The van der Waals surface area contributed by atoms with Crippen molar-refractivity contribution in [2.75, 3.05) is 0 Å². The monoisotopic (exact) mass is 444 g/mol. The standard InChI is InChI=1S/C23H25FN2O4S/c1-23(2,3)13-19(14-4-7-16(24)8-5-14)25-21(27)15-6-11-18-20(12-15)31(29,30)26(22(18)28)17-9-10-17/h4-8,11-12,17,19H,9-10,13H2,1-3H3,(H,25,27). The van der Waals surface area contributed by atoms with Crippen LogP contribution in [0.3, 0.4) is 0 Å². The third-order valence-electron chi connectivity index (χ3n) is 5.48. The molecule has 0 spiro atoms. The van der Waals surface area contributed by atoms with Gasteiger partial charge in [0.1, 0.15) is 10.7 Å². The number of benzene rings is 2. The summed E-state index contributed by atoms with van der Waals surface area (Å²) in [4.78, 5) is 25.4. The Morgan fingerprint density at radius 1 is 1.16 bits per heavy atom. The maximum atomic E-state index is 13.4. The maximum absolute atomic E-state index is 13.4. The molecular weight excluding hydrogens is 419 g/mol. The van der Waals surface area contributed by atoms with Crippen LogP contribution in [0.25, 0.3) is 0 Å². The highest BCUT2D eigenvalue weighted by Crippen LogP contribution is 2.39. The van der Waals surface area contributed by atoms with Crippen molar-refractivity contribution >= 4 is 21.8 Å².